The van der Waals surface area contributed by atoms with E-state index in [1.54, 1.807) is 34.3 Å². The highest BCUT2D eigenvalue weighted by atomic mass is 32.2. The minimum Gasteiger partial charge on any atom is -0.193 e. The van der Waals surface area contributed by atoms with Gasteiger partial charge in [-0.15, -0.1) is 23.5 Å². The topological polar surface area (TPSA) is 47.6 Å². The fourth-order valence-electron chi connectivity index (χ4n) is 0.389. The van der Waals surface area contributed by atoms with Crippen LogP contribution in [0.3, 0.4) is 0 Å². The van der Waals surface area contributed by atoms with Crippen LogP contribution in [0.4, 0.5) is 0 Å². The molecule has 0 radical (unpaired) electrons. The van der Waals surface area contributed by atoms with Crippen LogP contribution >= 0.6 is 23.5 Å². The molecule has 0 bridgehead atoms. The molecular formula is C8H8N2S2. The summed E-state index contributed by atoms with van der Waals surface area (Å²) in [6.07, 6.45) is 2.92. The number of hydrogen-bond acceptors (Lipinski definition) is 4. The van der Waals surface area contributed by atoms with Crippen LogP contribution in [0.5, 0.6) is 0 Å². The van der Waals surface area contributed by atoms with Crippen LogP contribution in [0.15, 0.2) is 23.0 Å². The van der Waals surface area contributed by atoms with Gasteiger partial charge in [0.15, 0.2) is 0 Å². The largest absolute Gasteiger partial charge is 0.193 e. The quantitative estimate of drug-likeness (QED) is 0.501. The monoisotopic (exact) mass is 196 g/mol. The zero-order chi connectivity index (χ0) is 9.07. The molecular weight excluding hydrogens is 188 g/mol. The average Bonchev–Trinajstić information content (AvgIpc) is 2.10. The highest BCUT2D eigenvalue weighted by Crippen LogP contribution is 2.08. The average molecular weight is 196 g/mol. The standard InChI is InChI=1S/C8H8N2S2/c9-3-1-5-11-7-8-12-6-2-4-10/h1-2,5-6H,7-8H2/b5-1+,6-2+. The molecule has 0 heterocycles. The Bertz CT molecular complexity index is 206. The Balaban J connectivity index is 3.13. The van der Waals surface area contributed by atoms with Crippen molar-refractivity contribution >= 4 is 23.5 Å². The van der Waals surface area contributed by atoms with Crippen molar-refractivity contribution in [2.45, 2.75) is 0 Å². The van der Waals surface area contributed by atoms with Crippen LogP contribution in [0.2, 0.25) is 0 Å². The van der Waals surface area contributed by atoms with Crippen LogP contribution in [-0.4, -0.2) is 11.5 Å². The van der Waals surface area contributed by atoms with Gasteiger partial charge in [-0.2, -0.15) is 10.5 Å². The van der Waals surface area contributed by atoms with Crippen LogP contribution < -0.4 is 0 Å². The van der Waals surface area contributed by atoms with E-state index in [1.165, 1.54) is 12.2 Å². The number of allylic oxidation sites excluding steroid dienone is 2. The fraction of sp³-hybridized carbons (Fsp3) is 0.250. The molecule has 0 aromatic heterocycles. The molecule has 0 saturated heterocycles. The lowest BCUT2D eigenvalue weighted by atomic mass is 10.7. The molecule has 0 rings (SSSR count). The van der Waals surface area contributed by atoms with Crippen molar-refractivity contribution in [1.29, 1.82) is 10.5 Å². The smallest absolute Gasteiger partial charge is 0.0917 e. The van der Waals surface area contributed by atoms with Crippen molar-refractivity contribution < 1.29 is 0 Å². The third-order valence-electron chi connectivity index (χ3n) is 0.797. The van der Waals surface area contributed by atoms with Gasteiger partial charge in [-0.1, -0.05) is 0 Å². The number of nitriles is 2. The maximum atomic E-state index is 8.14. The van der Waals surface area contributed by atoms with E-state index in [-0.39, 0.29) is 0 Å². The van der Waals surface area contributed by atoms with E-state index in [2.05, 4.69) is 0 Å². The van der Waals surface area contributed by atoms with Gasteiger partial charge in [0.1, 0.15) is 0 Å². The summed E-state index contributed by atoms with van der Waals surface area (Å²) in [5.41, 5.74) is 0. The number of thioether (sulfide) groups is 2. The van der Waals surface area contributed by atoms with Gasteiger partial charge >= 0.3 is 0 Å². The SMILES string of the molecule is N#C/C=C/SCCS/C=C/C#N. The third-order valence-corrected chi connectivity index (χ3v) is 2.59. The predicted molar refractivity (Wildman–Crippen MR) is 54.4 cm³/mol. The molecule has 0 aromatic carbocycles. The van der Waals surface area contributed by atoms with E-state index in [9.17, 15) is 0 Å². The summed E-state index contributed by atoms with van der Waals surface area (Å²) >= 11 is 3.19. The predicted octanol–water partition coefficient (Wildman–Crippen LogP) is 2.53. The Hall–Kier alpha value is -0.840. The second-order valence-electron chi connectivity index (χ2n) is 1.61. The van der Waals surface area contributed by atoms with Crippen molar-refractivity contribution in [3.8, 4) is 12.1 Å². The summed E-state index contributed by atoms with van der Waals surface area (Å²) in [5, 5.41) is 19.8. The number of rotatable bonds is 5. The van der Waals surface area contributed by atoms with Crippen LogP contribution in [0.25, 0.3) is 0 Å². The molecule has 0 atom stereocenters. The maximum Gasteiger partial charge on any atom is 0.0917 e. The molecule has 62 valence electrons. The summed E-state index contributed by atoms with van der Waals surface area (Å²) in [4.78, 5) is 0. The lowest BCUT2D eigenvalue weighted by Crippen LogP contribution is -1.77. The molecule has 0 N–H and O–H groups in total. The van der Waals surface area contributed by atoms with Gasteiger partial charge < -0.3 is 0 Å². The molecule has 0 unspecified atom stereocenters. The molecule has 0 fully saturated rings. The molecule has 0 aromatic rings. The van der Waals surface area contributed by atoms with Gasteiger partial charge in [0, 0.05) is 23.7 Å². The summed E-state index contributed by atoms with van der Waals surface area (Å²) in [6, 6.07) is 3.83. The lowest BCUT2D eigenvalue weighted by molar-refractivity contribution is 1.53. The van der Waals surface area contributed by atoms with Crippen LogP contribution in [0, 0.1) is 22.7 Å². The molecule has 0 aliphatic carbocycles. The highest BCUT2D eigenvalue weighted by Gasteiger charge is 1.82. The van der Waals surface area contributed by atoms with E-state index in [4.69, 9.17) is 10.5 Å². The van der Waals surface area contributed by atoms with Crippen molar-refractivity contribution in [1.82, 2.24) is 0 Å². The molecule has 0 amide bonds. The van der Waals surface area contributed by atoms with Crippen molar-refractivity contribution in [3.05, 3.63) is 23.0 Å². The van der Waals surface area contributed by atoms with Gasteiger partial charge in [0.25, 0.3) is 0 Å². The number of nitrogens with zero attached hydrogens (tertiary/aromatic N) is 2. The molecule has 0 aliphatic rings. The minimum atomic E-state index is 0.957. The zero-order valence-corrected chi connectivity index (χ0v) is 8.07. The summed E-state index contributed by atoms with van der Waals surface area (Å²) in [5.74, 6) is 1.91. The minimum absolute atomic E-state index is 0.957. The van der Waals surface area contributed by atoms with Gasteiger partial charge in [0.2, 0.25) is 0 Å². The normalized spacial score (nSPS) is 10.2. The second-order valence-corrected chi connectivity index (χ2v) is 3.63. The molecule has 2 nitrogen and oxygen atoms in total. The molecule has 0 spiro atoms. The van der Waals surface area contributed by atoms with Crippen molar-refractivity contribution in [3.63, 3.8) is 0 Å². The van der Waals surface area contributed by atoms with Gasteiger partial charge in [-0.25, -0.2) is 0 Å². The summed E-state index contributed by atoms with van der Waals surface area (Å²) < 4.78 is 0. The summed E-state index contributed by atoms with van der Waals surface area (Å²) in [7, 11) is 0. The van der Waals surface area contributed by atoms with Gasteiger partial charge in [-0.3, -0.25) is 0 Å². The zero-order valence-electron chi connectivity index (χ0n) is 6.43. The first kappa shape index (κ1) is 11.2. The fourth-order valence-corrected chi connectivity index (χ4v) is 1.75. The van der Waals surface area contributed by atoms with Crippen molar-refractivity contribution in [2.75, 3.05) is 11.5 Å². The third kappa shape index (κ3) is 9.16. The van der Waals surface area contributed by atoms with Gasteiger partial charge in [0.05, 0.1) is 12.1 Å². The molecule has 0 aliphatic heterocycles. The Morgan fingerprint density at radius 3 is 1.67 bits per heavy atom. The maximum absolute atomic E-state index is 8.14. The first-order valence-corrected chi connectivity index (χ1v) is 5.34. The number of hydrogen-bond donors (Lipinski definition) is 0. The van der Waals surface area contributed by atoms with E-state index in [1.807, 2.05) is 12.1 Å². The van der Waals surface area contributed by atoms with Gasteiger partial charge in [-0.05, 0) is 10.8 Å². The van der Waals surface area contributed by atoms with E-state index < -0.39 is 0 Å². The summed E-state index contributed by atoms with van der Waals surface area (Å²) in [6.45, 7) is 0. The molecule has 12 heavy (non-hydrogen) atoms. The van der Waals surface area contributed by atoms with Crippen LogP contribution in [-0.2, 0) is 0 Å². The molecule has 0 saturated carbocycles. The molecule has 4 heteroatoms. The Morgan fingerprint density at radius 2 is 1.33 bits per heavy atom. The Morgan fingerprint density at radius 1 is 0.917 bits per heavy atom. The Kier molecular flexibility index (Phi) is 9.45. The first-order chi connectivity index (χ1) is 5.91. The first-order valence-electron chi connectivity index (χ1n) is 3.24. The lowest BCUT2D eigenvalue weighted by Gasteiger charge is -1.90. The van der Waals surface area contributed by atoms with E-state index in [0.717, 1.165) is 11.5 Å². The highest BCUT2D eigenvalue weighted by molar-refractivity contribution is 8.05. The second kappa shape index (κ2) is 10.2. The van der Waals surface area contributed by atoms with E-state index in [0.29, 0.717) is 0 Å². The van der Waals surface area contributed by atoms with Crippen molar-refractivity contribution in [2.24, 2.45) is 0 Å². The van der Waals surface area contributed by atoms with E-state index >= 15 is 0 Å². The van der Waals surface area contributed by atoms with Crippen LogP contribution in [0.1, 0.15) is 0 Å². The Labute approximate surface area is 80.9 Å².